The quantitative estimate of drug-likeness (QED) is 0.772. The fourth-order valence-corrected chi connectivity index (χ4v) is 2.56. The first-order chi connectivity index (χ1) is 10.1. The smallest absolute Gasteiger partial charge is 0.234 e. The molecule has 1 aliphatic carbocycles. The van der Waals surface area contributed by atoms with Crippen molar-refractivity contribution in [1.82, 2.24) is 15.5 Å². The van der Waals surface area contributed by atoms with Crippen molar-refractivity contribution < 1.29 is 4.79 Å². The van der Waals surface area contributed by atoms with Crippen molar-refractivity contribution in [3.8, 4) is 0 Å². The van der Waals surface area contributed by atoms with E-state index >= 15 is 0 Å². The molecule has 1 atom stereocenters. The van der Waals surface area contributed by atoms with E-state index < -0.39 is 0 Å². The molecule has 1 amide bonds. The zero-order chi connectivity index (χ0) is 15.2. The van der Waals surface area contributed by atoms with Crippen LogP contribution in [0.25, 0.3) is 0 Å². The summed E-state index contributed by atoms with van der Waals surface area (Å²) in [4.78, 5) is 13.9. The van der Waals surface area contributed by atoms with Crippen molar-refractivity contribution in [2.24, 2.45) is 5.92 Å². The molecule has 0 saturated heterocycles. The number of halogens is 1. The topological polar surface area (TPSA) is 44.4 Å². The number of hydrogen-bond acceptors (Lipinski definition) is 3. The van der Waals surface area contributed by atoms with Crippen LogP contribution in [0.15, 0.2) is 24.3 Å². The van der Waals surface area contributed by atoms with Crippen molar-refractivity contribution in [1.29, 1.82) is 0 Å². The summed E-state index contributed by atoms with van der Waals surface area (Å²) in [5.74, 6) is 0.824. The van der Waals surface area contributed by atoms with E-state index in [0.29, 0.717) is 13.1 Å². The number of rotatable bonds is 8. The number of amides is 1. The SMILES string of the molecule is CN(C)C(CNC(=O)CNCC1CC1)c1ccccc1Cl. The summed E-state index contributed by atoms with van der Waals surface area (Å²) >= 11 is 6.25. The normalized spacial score (nSPS) is 16.0. The monoisotopic (exact) mass is 309 g/mol. The van der Waals surface area contributed by atoms with Gasteiger partial charge in [0.05, 0.1) is 12.6 Å². The summed E-state index contributed by atoms with van der Waals surface area (Å²) in [5, 5.41) is 6.92. The summed E-state index contributed by atoms with van der Waals surface area (Å²) in [6, 6.07) is 7.85. The molecule has 0 spiro atoms. The van der Waals surface area contributed by atoms with Crippen LogP contribution in [0.1, 0.15) is 24.4 Å². The lowest BCUT2D eigenvalue weighted by molar-refractivity contribution is -0.120. The first kappa shape index (κ1) is 16.3. The Hall–Kier alpha value is -1.10. The molecule has 0 aliphatic heterocycles. The fourth-order valence-electron chi connectivity index (χ4n) is 2.30. The Morgan fingerprint density at radius 1 is 1.38 bits per heavy atom. The van der Waals surface area contributed by atoms with Gasteiger partial charge in [0.25, 0.3) is 0 Å². The van der Waals surface area contributed by atoms with Crippen LogP contribution in [-0.2, 0) is 4.79 Å². The molecule has 1 aromatic rings. The number of likely N-dealkylation sites (N-methyl/N-ethyl adjacent to an activating group) is 1. The van der Waals surface area contributed by atoms with Crippen LogP contribution in [0, 0.1) is 5.92 Å². The fraction of sp³-hybridized carbons (Fsp3) is 0.562. The molecule has 2 rings (SSSR count). The van der Waals surface area contributed by atoms with Gasteiger partial charge in [-0.05, 0) is 51.0 Å². The maximum Gasteiger partial charge on any atom is 0.234 e. The molecular weight excluding hydrogens is 286 g/mol. The maximum absolute atomic E-state index is 11.9. The molecule has 116 valence electrons. The predicted molar refractivity (Wildman–Crippen MR) is 86.5 cm³/mol. The molecule has 5 heteroatoms. The number of nitrogens with zero attached hydrogens (tertiary/aromatic N) is 1. The molecule has 1 unspecified atom stereocenters. The third kappa shape index (κ3) is 5.30. The van der Waals surface area contributed by atoms with E-state index in [1.165, 1.54) is 12.8 Å². The van der Waals surface area contributed by atoms with Gasteiger partial charge in [-0.2, -0.15) is 0 Å². The van der Waals surface area contributed by atoms with Gasteiger partial charge in [0.1, 0.15) is 0 Å². The highest BCUT2D eigenvalue weighted by Crippen LogP contribution is 2.27. The molecule has 0 aromatic heterocycles. The van der Waals surface area contributed by atoms with Gasteiger partial charge in [-0.15, -0.1) is 0 Å². The van der Waals surface area contributed by atoms with Crippen molar-refractivity contribution in [3.05, 3.63) is 34.9 Å². The minimum atomic E-state index is 0.0366. The molecule has 1 aliphatic rings. The second kappa shape index (κ2) is 7.78. The second-order valence-corrected chi connectivity index (χ2v) is 6.29. The predicted octanol–water partition coefficient (Wildman–Crippen LogP) is 2.06. The Morgan fingerprint density at radius 3 is 2.71 bits per heavy atom. The van der Waals surface area contributed by atoms with Gasteiger partial charge in [0.15, 0.2) is 0 Å². The molecule has 0 heterocycles. The Balaban J connectivity index is 1.82. The Bertz CT molecular complexity index is 474. The Kier molecular flexibility index (Phi) is 6.03. The van der Waals surface area contributed by atoms with Crippen LogP contribution in [0.4, 0.5) is 0 Å². The van der Waals surface area contributed by atoms with E-state index in [2.05, 4.69) is 15.5 Å². The van der Waals surface area contributed by atoms with Gasteiger partial charge in [-0.3, -0.25) is 4.79 Å². The van der Waals surface area contributed by atoms with Crippen molar-refractivity contribution in [2.75, 3.05) is 33.7 Å². The molecule has 4 nitrogen and oxygen atoms in total. The minimum absolute atomic E-state index is 0.0366. The minimum Gasteiger partial charge on any atom is -0.353 e. The van der Waals surface area contributed by atoms with Crippen LogP contribution < -0.4 is 10.6 Å². The molecule has 0 bridgehead atoms. The average Bonchev–Trinajstić information content (AvgIpc) is 3.25. The number of carbonyl (C=O) groups is 1. The lowest BCUT2D eigenvalue weighted by atomic mass is 10.1. The number of benzene rings is 1. The van der Waals surface area contributed by atoms with Gasteiger partial charge >= 0.3 is 0 Å². The molecule has 0 radical (unpaired) electrons. The largest absolute Gasteiger partial charge is 0.353 e. The third-order valence-electron chi connectivity index (χ3n) is 3.80. The van der Waals surface area contributed by atoms with Crippen LogP contribution >= 0.6 is 11.6 Å². The van der Waals surface area contributed by atoms with E-state index in [-0.39, 0.29) is 11.9 Å². The number of hydrogen-bond donors (Lipinski definition) is 2. The first-order valence-corrected chi connectivity index (χ1v) is 7.84. The first-order valence-electron chi connectivity index (χ1n) is 7.46. The maximum atomic E-state index is 11.9. The van der Waals surface area contributed by atoms with Crippen LogP contribution in [0.5, 0.6) is 0 Å². The molecule has 2 N–H and O–H groups in total. The van der Waals surface area contributed by atoms with Gasteiger partial charge in [-0.25, -0.2) is 0 Å². The lowest BCUT2D eigenvalue weighted by Gasteiger charge is -2.26. The molecule has 1 fully saturated rings. The van der Waals surface area contributed by atoms with Crippen molar-refractivity contribution in [2.45, 2.75) is 18.9 Å². The highest BCUT2D eigenvalue weighted by molar-refractivity contribution is 6.31. The average molecular weight is 310 g/mol. The van der Waals surface area contributed by atoms with E-state index in [4.69, 9.17) is 11.6 Å². The van der Waals surface area contributed by atoms with Gasteiger partial charge in [-0.1, -0.05) is 29.8 Å². The lowest BCUT2D eigenvalue weighted by Crippen LogP contribution is -2.39. The van der Waals surface area contributed by atoms with Gasteiger partial charge in [0, 0.05) is 11.6 Å². The van der Waals surface area contributed by atoms with Crippen LogP contribution in [0.2, 0.25) is 5.02 Å². The van der Waals surface area contributed by atoms with E-state index in [1.54, 1.807) is 0 Å². The van der Waals surface area contributed by atoms with Crippen LogP contribution in [0.3, 0.4) is 0 Å². The van der Waals surface area contributed by atoms with E-state index in [1.807, 2.05) is 38.4 Å². The highest BCUT2D eigenvalue weighted by atomic mass is 35.5. The molecule has 1 aromatic carbocycles. The van der Waals surface area contributed by atoms with Crippen molar-refractivity contribution in [3.63, 3.8) is 0 Å². The Morgan fingerprint density at radius 2 is 2.10 bits per heavy atom. The van der Waals surface area contributed by atoms with Crippen molar-refractivity contribution >= 4 is 17.5 Å². The highest BCUT2D eigenvalue weighted by Gasteiger charge is 2.21. The zero-order valence-electron chi connectivity index (χ0n) is 12.7. The molecule has 1 saturated carbocycles. The summed E-state index contributed by atoms with van der Waals surface area (Å²) in [5.41, 5.74) is 1.04. The van der Waals surface area contributed by atoms with Gasteiger partial charge in [0.2, 0.25) is 5.91 Å². The standard InChI is InChI=1S/C16H24ClN3O/c1-20(2)15(13-5-3-4-6-14(13)17)10-19-16(21)11-18-9-12-7-8-12/h3-6,12,15,18H,7-11H2,1-2H3,(H,19,21). The summed E-state index contributed by atoms with van der Waals surface area (Å²) in [7, 11) is 3.98. The van der Waals surface area contributed by atoms with Crippen LogP contribution in [-0.4, -0.2) is 44.5 Å². The molecular formula is C16H24ClN3O. The number of carbonyl (C=O) groups excluding carboxylic acids is 1. The third-order valence-corrected chi connectivity index (χ3v) is 4.14. The zero-order valence-corrected chi connectivity index (χ0v) is 13.5. The van der Waals surface area contributed by atoms with E-state index in [9.17, 15) is 4.79 Å². The van der Waals surface area contributed by atoms with E-state index in [0.717, 1.165) is 23.0 Å². The summed E-state index contributed by atoms with van der Waals surface area (Å²) in [6.07, 6.45) is 2.59. The Labute approximate surface area is 131 Å². The second-order valence-electron chi connectivity index (χ2n) is 5.88. The summed E-state index contributed by atoms with van der Waals surface area (Å²) < 4.78 is 0. The van der Waals surface area contributed by atoms with Gasteiger partial charge < -0.3 is 15.5 Å². The molecule has 21 heavy (non-hydrogen) atoms. The number of nitrogens with one attached hydrogen (secondary N) is 2. The summed E-state index contributed by atoms with van der Waals surface area (Å²) in [6.45, 7) is 1.90.